The summed E-state index contributed by atoms with van der Waals surface area (Å²) in [6, 6.07) is 3.93. The van der Waals surface area contributed by atoms with E-state index in [9.17, 15) is 13.2 Å². The number of benzene rings is 1. The van der Waals surface area contributed by atoms with Gasteiger partial charge in [-0.15, -0.1) is 10.2 Å². The van der Waals surface area contributed by atoms with Gasteiger partial charge in [0.15, 0.2) is 0 Å². The average molecular weight is 392 g/mol. The number of aromatic amines is 2. The summed E-state index contributed by atoms with van der Waals surface area (Å²) >= 11 is 0. The number of alkyl halides is 3. The lowest BCUT2D eigenvalue weighted by Gasteiger charge is -2.38. The van der Waals surface area contributed by atoms with Gasteiger partial charge in [-0.2, -0.15) is 23.5 Å². The summed E-state index contributed by atoms with van der Waals surface area (Å²) in [7, 11) is 0. The van der Waals surface area contributed by atoms with E-state index in [1.54, 1.807) is 4.90 Å². The van der Waals surface area contributed by atoms with Crippen molar-refractivity contribution in [1.82, 2.24) is 30.8 Å². The van der Waals surface area contributed by atoms with E-state index < -0.39 is 11.7 Å². The van der Waals surface area contributed by atoms with Crippen molar-refractivity contribution >= 4 is 11.4 Å². The second-order valence-electron chi connectivity index (χ2n) is 6.72. The maximum atomic E-state index is 13.6. The van der Waals surface area contributed by atoms with Crippen LogP contribution in [0.25, 0.3) is 11.4 Å². The van der Waals surface area contributed by atoms with Crippen LogP contribution in [0.4, 0.5) is 24.5 Å². The van der Waals surface area contributed by atoms with Crippen LogP contribution in [0.5, 0.6) is 0 Å². The number of aromatic nitrogens is 6. The van der Waals surface area contributed by atoms with Crippen LogP contribution in [0, 0.1) is 13.8 Å². The van der Waals surface area contributed by atoms with Gasteiger partial charge in [-0.1, -0.05) is 6.07 Å². The molecule has 1 fully saturated rings. The molecule has 0 atom stereocenters. The van der Waals surface area contributed by atoms with Crippen LogP contribution >= 0.6 is 0 Å². The Kier molecular flexibility index (Phi) is 4.44. The normalized spacial score (nSPS) is 15.3. The van der Waals surface area contributed by atoms with Gasteiger partial charge in [0.05, 0.1) is 22.6 Å². The molecule has 4 rings (SSSR count). The molecule has 1 aliphatic rings. The number of nitrogens with zero attached hydrogens (tertiary/aromatic N) is 6. The first-order valence-corrected chi connectivity index (χ1v) is 8.81. The molecule has 0 saturated carbocycles. The van der Waals surface area contributed by atoms with Crippen LogP contribution in [0.1, 0.15) is 17.0 Å². The van der Waals surface area contributed by atoms with Crippen molar-refractivity contribution in [3.63, 3.8) is 0 Å². The van der Waals surface area contributed by atoms with Crippen LogP contribution < -0.4 is 9.80 Å². The molecule has 0 bridgehead atoms. The summed E-state index contributed by atoms with van der Waals surface area (Å²) in [5, 5.41) is 20.7. The highest BCUT2D eigenvalue weighted by atomic mass is 19.4. The van der Waals surface area contributed by atoms with Crippen molar-refractivity contribution in [2.75, 3.05) is 36.0 Å². The number of nitrogens with one attached hydrogen (secondary N) is 2. The van der Waals surface area contributed by atoms with E-state index in [-0.39, 0.29) is 11.5 Å². The lowest BCUT2D eigenvalue weighted by molar-refractivity contribution is -0.137. The lowest BCUT2D eigenvalue weighted by atomic mass is 10.1. The van der Waals surface area contributed by atoms with Crippen molar-refractivity contribution in [2.45, 2.75) is 20.0 Å². The SMILES string of the molecule is Cc1n[nH]c(C)c1N1CCN(c2cc(-c3nn[nH]n3)ccc2C(F)(F)F)CC1. The maximum Gasteiger partial charge on any atom is 0.418 e. The van der Waals surface area contributed by atoms with E-state index in [4.69, 9.17) is 0 Å². The Labute approximate surface area is 158 Å². The molecule has 3 heterocycles. The molecular weight excluding hydrogens is 373 g/mol. The topological polar surface area (TPSA) is 89.6 Å². The van der Waals surface area contributed by atoms with E-state index >= 15 is 0 Å². The van der Waals surface area contributed by atoms with E-state index in [1.165, 1.54) is 12.1 Å². The van der Waals surface area contributed by atoms with Crippen molar-refractivity contribution < 1.29 is 13.2 Å². The first-order valence-electron chi connectivity index (χ1n) is 8.81. The van der Waals surface area contributed by atoms with Gasteiger partial charge in [-0.3, -0.25) is 5.10 Å². The number of hydrogen-bond acceptors (Lipinski definition) is 6. The molecule has 0 amide bonds. The van der Waals surface area contributed by atoms with Gasteiger partial charge in [0.25, 0.3) is 0 Å². The summed E-state index contributed by atoms with van der Waals surface area (Å²) in [4.78, 5) is 3.91. The second kappa shape index (κ2) is 6.80. The Bertz CT molecular complexity index is 936. The average Bonchev–Trinajstić information content (AvgIpc) is 3.31. The zero-order chi connectivity index (χ0) is 19.9. The van der Waals surface area contributed by atoms with Gasteiger partial charge < -0.3 is 9.80 Å². The molecule has 0 aliphatic carbocycles. The Balaban J connectivity index is 1.62. The minimum atomic E-state index is -4.44. The van der Waals surface area contributed by atoms with E-state index in [1.807, 2.05) is 13.8 Å². The predicted molar refractivity (Wildman–Crippen MR) is 97.1 cm³/mol. The van der Waals surface area contributed by atoms with E-state index in [0.717, 1.165) is 23.1 Å². The molecule has 0 unspecified atom stereocenters. The molecule has 148 valence electrons. The molecular formula is C17H19F3N8. The highest BCUT2D eigenvalue weighted by Crippen LogP contribution is 2.39. The Morgan fingerprint density at radius 2 is 1.71 bits per heavy atom. The van der Waals surface area contributed by atoms with Gasteiger partial charge in [-0.05, 0) is 31.2 Å². The van der Waals surface area contributed by atoms with Gasteiger partial charge in [-0.25, -0.2) is 0 Å². The number of rotatable bonds is 3. The van der Waals surface area contributed by atoms with Gasteiger partial charge in [0.2, 0.25) is 5.82 Å². The van der Waals surface area contributed by atoms with Crippen molar-refractivity contribution in [1.29, 1.82) is 0 Å². The fourth-order valence-electron chi connectivity index (χ4n) is 3.64. The molecule has 2 aromatic heterocycles. The molecule has 1 saturated heterocycles. The minimum absolute atomic E-state index is 0.134. The molecule has 11 heteroatoms. The number of aryl methyl sites for hydroxylation is 2. The first-order chi connectivity index (χ1) is 13.3. The Hall–Kier alpha value is -3.11. The molecule has 1 aliphatic heterocycles. The van der Waals surface area contributed by atoms with Crippen LogP contribution in [0.3, 0.4) is 0 Å². The van der Waals surface area contributed by atoms with Crippen LogP contribution in [-0.2, 0) is 6.18 Å². The zero-order valence-electron chi connectivity index (χ0n) is 15.4. The standard InChI is InChI=1S/C17H19F3N8/c1-10-15(11(2)22-21-10)28-7-5-27(6-8-28)14-9-12(16-23-25-26-24-16)3-4-13(14)17(18,19)20/h3-4,9H,5-8H2,1-2H3,(H,21,22)(H,23,24,25,26). The monoisotopic (exact) mass is 392 g/mol. The van der Waals surface area contributed by atoms with Crippen molar-refractivity contribution in [2.24, 2.45) is 0 Å². The van der Waals surface area contributed by atoms with Gasteiger partial charge in [0, 0.05) is 37.4 Å². The number of anilines is 2. The Morgan fingerprint density at radius 1 is 1.00 bits per heavy atom. The maximum absolute atomic E-state index is 13.6. The third-order valence-electron chi connectivity index (χ3n) is 4.93. The number of tetrazole rings is 1. The first kappa shape index (κ1) is 18.3. The summed E-state index contributed by atoms with van der Waals surface area (Å²) in [5.74, 6) is 0.262. The molecule has 0 spiro atoms. The third-order valence-corrected chi connectivity index (χ3v) is 4.93. The summed E-state index contributed by atoms with van der Waals surface area (Å²) in [5.41, 5.74) is 2.83. The highest BCUT2D eigenvalue weighted by Gasteiger charge is 2.36. The van der Waals surface area contributed by atoms with Gasteiger partial charge in [0.1, 0.15) is 0 Å². The number of piperazine rings is 1. The molecule has 28 heavy (non-hydrogen) atoms. The van der Waals surface area contributed by atoms with Crippen LogP contribution in [-0.4, -0.2) is 57.0 Å². The zero-order valence-corrected chi connectivity index (χ0v) is 15.4. The lowest BCUT2D eigenvalue weighted by Crippen LogP contribution is -2.47. The molecule has 3 aromatic rings. The van der Waals surface area contributed by atoms with Crippen LogP contribution in [0.15, 0.2) is 18.2 Å². The largest absolute Gasteiger partial charge is 0.418 e. The number of H-pyrrole nitrogens is 2. The minimum Gasteiger partial charge on any atom is -0.367 e. The van der Waals surface area contributed by atoms with Crippen molar-refractivity contribution in [3.05, 3.63) is 35.2 Å². The molecule has 0 radical (unpaired) electrons. The van der Waals surface area contributed by atoms with E-state index in [2.05, 4.69) is 35.7 Å². The van der Waals surface area contributed by atoms with E-state index in [0.29, 0.717) is 31.7 Å². The van der Waals surface area contributed by atoms with Gasteiger partial charge >= 0.3 is 6.18 Å². The predicted octanol–water partition coefficient (Wildman–Crippen LogP) is 2.55. The van der Waals surface area contributed by atoms with Crippen molar-refractivity contribution in [3.8, 4) is 11.4 Å². The fraction of sp³-hybridized carbons (Fsp3) is 0.412. The fourth-order valence-corrected chi connectivity index (χ4v) is 3.64. The molecule has 2 N–H and O–H groups in total. The molecule has 8 nitrogen and oxygen atoms in total. The molecule has 1 aromatic carbocycles. The number of hydrogen-bond donors (Lipinski definition) is 2. The second-order valence-corrected chi connectivity index (χ2v) is 6.72. The smallest absolute Gasteiger partial charge is 0.367 e. The summed E-state index contributed by atoms with van der Waals surface area (Å²) < 4.78 is 40.8. The van der Waals surface area contributed by atoms with Crippen LogP contribution in [0.2, 0.25) is 0 Å². The Morgan fingerprint density at radius 3 is 2.29 bits per heavy atom. The summed E-state index contributed by atoms with van der Waals surface area (Å²) in [6.07, 6.45) is -4.44. The summed E-state index contributed by atoms with van der Waals surface area (Å²) in [6.45, 7) is 5.99. The third kappa shape index (κ3) is 3.27. The highest BCUT2D eigenvalue weighted by molar-refractivity contribution is 5.67. The number of halogens is 3. The quantitative estimate of drug-likeness (QED) is 0.712.